The Bertz CT molecular complexity index is 1220. The molecule has 2 N–H and O–H groups in total. The van der Waals surface area contributed by atoms with Crippen LogP contribution in [0.25, 0.3) is 16.8 Å². The zero-order valence-corrected chi connectivity index (χ0v) is 15.2. The van der Waals surface area contributed by atoms with E-state index in [4.69, 9.17) is 4.42 Å². The molecule has 0 unspecified atom stereocenters. The van der Waals surface area contributed by atoms with Gasteiger partial charge in [-0.25, -0.2) is 9.78 Å². The van der Waals surface area contributed by atoms with Crippen molar-refractivity contribution in [2.24, 2.45) is 0 Å². The van der Waals surface area contributed by atoms with Crippen molar-refractivity contribution in [3.05, 3.63) is 83.4 Å². The number of para-hydroxylation sites is 3. The maximum atomic E-state index is 12.4. The molecule has 2 amide bonds. The summed E-state index contributed by atoms with van der Waals surface area (Å²) >= 11 is 0. The number of hydrogen-bond donors (Lipinski definition) is 2. The number of carbonyl (C=O) groups is 2. The van der Waals surface area contributed by atoms with Gasteiger partial charge in [0.25, 0.3) is 5.91 Å². The summed E-state index contributed by atoms with van der Waals surface area (Å²) in [6.07, 6.45) is 2.91. The Hall–Kier alpha value is -4.14. The zero-order valence-electron chi connectivity index (χ0n) is 15.2. The fraction of sp³-hybridized carbons (Fsp3) is 0.100. The largest absolute Gasteiger partial charge is 0.419 e. The standard InChI is InChI=1S/C20H17N5O4/c26-18(10-11-24-15-8-4-5-9-17(15)29-20(24)28)22-23-19(27)16-12-21-13-25(16)14-6-2-1-3-7-14/h1-9,12-13H,10-11H2,(H,22,26)(H,23,27). The lowest BCUT2D eigenvalue weighted by Crippen LogP contribution is -2.42. The molecular weight excluding hydrogens is 374 g/mol. The number of aryl methyl sites for hydroxylation is 1. The topological polar surface area (TPSA) is 111 Å². The van der Waals surface area contributed by atoms with E-state index in [1.807, 2.05) is 30.3 Å². The molecule has 0 fully saturated rings. The van der Waals surface area contributed by atoms with Crippen molar-refractivity contribution < 1.29 is 14.0 Å². The number of hydrazine groups is 1. The molecule has 29 heavy (non-hydrogen) atoms. The molecular formula is C20H17N5O4. The Morgan fingerprint density at radius 2 is 1.76 bits per heavy atom. The molecule has 0 aliphatic rings. The minimum Gasteiger partial charge on any atom is -0.408 e. The van der Waals surface area contributed by atoms with Gasteiger partial charge in [0.05, 0.1) is 18.0 Å². The fourth-order valence-corrected chi connectivity index (χ4v) is 2.95. The van der Waals surface area contributed by atoms with Crippen LogP contribution in [0.1, 0.15) is 16.9 Å². The van der Waals surface area contributed by atoms with Crippen LogP contribution < -0.4 is 16.6 Å². The van der Waals surface area contributed by atoms with Crippen LogP contribution >= 0.6 is 0 Å². The highest BCUT2D eigenvalue weighted by Gasteiger charge is 2.15. The second-order valence-electron chi connectivity index (χ2n) is 6.22. The van der Waals surface area contributed by atoms with Crippen molar-refractivity contribution in [3.63, 3.8) is 0 Å². The Morgan fingerprint density at radius 3 is 2.59 bits per heavy atom. The van der Waals surface area contributed by atoms with Gasteiger partial charge in [0.1, 0.15) is 5.69 Å². The van der Waals surface area contributed by atoms with Crippen molar-refractivity contribution in [3.8, 4) is 5.69 Å². The number of amides is 2. The molecule has 4 rings (SSSR count). The van der Waals surface area contributed by atoms with E-state index >= 15 is 0 Å². The molecule has 2 aromatic heterocycles. The predicted octanol–water partition coefficient (Wildman–Crippen LogP) is 1.63. The summed E-state index contributed by atoms with van der Waals surface area (Å²) < 4.78 is 8.12. The molecule has 0 aliphatic carbocycles. The van der Waals surface area contributed by atoms with Crippen molar-refractivity contribution in [2.45, 2.75) is 13.0 Å². The van der Waals surface area contributed by atoms with Crippen LogP contribution in [-0.4, -0.2) is 25.9 Å². The van der Waals surface area contributed by atoms with Crippen LogP contribution in [0.2, 0.25) is 0 Å². The van der Waals surface area contributed by atoms with Crippen molar-refractivity contribution in [2.75, 3.05) is 0 Å². The summed E-state index contributed by atoms with van der Waals surface area (Å²) in [7, 11) is 0. The van der Waals surface area contributed by atoms with Gasteiger partial charge in [-0.05, 0) is 24.3 Å². The number of oxazole rings is 1. The molecule has 9 nitrogen and oxygen atoms in total. The van der Waals surface area contributed by atoms with Crippen LogP contribution in [-0.2, 0) is 11.3 Å². The van der Waals surface area contributed by atoms with Crippen LogP contribution in [0.4, 0.5) is 0 Å². The quantitative estimate of drug-likeness (QED) is 0.503. The monoisotopic (exact) mass is 391 g/mol. The second kappa shape index (κ2) is 7.85. The zero-order chi connectivity index (χ0) is 20.2. The van der Waals surface area contributed by atoms with Gasteiger partial charge in [0.15, 0.2) is 5.58 Å². The van der Waals surface area contributed by atoms with Gasteiger partial charge in [-0.3, -0.25) is 29.6 Å². The molecule has 0 bridgehead atoms. The van der Waals surface area contributed by atoms with Gasteiger partial charge in [-0.2, -0.15) is 0 Å². The molecule has 9 heteroatoms. The lowest BCUT2D eigenvalue weighted by Gasteiger charge is -2.10. The van der Waals surface area contributed by atoms with Crippen molar-refractivity contribution in [1.82, 2.24) is 25.0 Å². The fourth-order valence-electron chi connectivity index (χ4n) is 2.95. The lowest BCUT2D eigenvalue weighted by molar-refractivity contribution is -0.122. The van der Waals surface area contributed by atoms with Crippen LogP contribution in [0.5, 0.6) is 0 Å². The highest BCUT2D eigenvalue weighted by molar-refractivity contribution is 5.94. The molecule has 0 spiro atoms. The van der Waals surface area contributed by atoms with Crippen molar-refractivity contribution in [1.29, 1.82) is 0 Å². The van der Waals surface area contributed by atoms with E-state index in [1.165, 1.54) is 17.1 Å². The van der Waals surface area contributed by atoms with E-state index in [2.05, 4.69) is 15.8 Å². The van der Waals surface area contributed by atoms with Crippen LogP contribution in [0.15, 0.2) is 76.3 Å². The summed E-state index contributed by atoms with van der Waals surface area (Å²) in [5, 5.41) is 0. The predicted molar refractivity (Wildman–Crippen MR) is 104 cm³/mol. The van der Waals surface area contributed by atoms with E-state index in [9.17, 15) is 14.4 Å². The first-order chi connectivity index (χ1) is 14.1. The van der Waals surface area contributed by atoms with Crippen molar-refractivity contribution >= 4 is 22.9 Å². The average Bonchev–Trinajstić information content (AvgIpc) is 3.35. The smallest absolute Gasteiger partial charge is 0.408 e. The number of nitrogens with one attached hydrogen (secondary N) is 2. The van der Waals surface area contributed by atoms with Gasteiger partial charge in [0.2, 0.25) is 5.91 Å². The molecule has 2 aromatic carbocycles. The normalized spacial score (nSPS) is 10.8. The summed E-state index contributed by atoms with van der Waals surface area (Å²) in [4.78, 5) is 40.5. The first-order valence-corrected chi connectivity index (χ1v) is 8.89. The molecule has 146 valence electrons. The Labute approximate surface area is 164 Å². The van der Waals surface area contributed by atoms with Gasteiger partial charge in [-0.15, -0.1) is 0 Å². The summed E-state index contributed by atoms with van der Waals surface area (Å²) in [6.45, 7) is 0.125. The third-order valence-electron chi connectivity index (χ3n) is 4.36. The number of imidazole rings is 1. The van der Waals surface area contributed by atoms with Gasteiger partial charge < -0.3 is 4.42 Å². The van der Waals surface area contributed by atoms with Crippen LogP contribution in [0, 0.1) is 0 Å². The number of nitrogens with zero attached hydrogens (tertiary/aromatic N) is 3. The Morgan fingerprint density at radius 1 is 1.00 bits per heavy atom. The van der Waals surface area contributed by atoms with Gasteiger partial charge in [0, 0.05) is 18.7 Å². The van der Waals surface area contributed by atoms with E-state index in [-0.39, 0.29) is 18.7 Å². The number of fused-ring (bicyclic) bond motifs is 1. The SMILES string of the molecule is O=C(CCn1c(=O)oc2ccccc21)NNC(=O)c1cncn1-c1ccccc1. The van der Waals surface area contributed by atoms with E-state index in [1.54, 1.807) is 28.8 Å². The third-order valence-corrected chi connectivity index (χ3v) is 4.36. The molecule has 0 atom stereocenters. The minimum atomic E-state index is -0.533. The molecule has 2 heterocycles. The molecule has 4 aromatic rings. The number of carbonyl (C=O) groups excluding carboxylic acids is 2. The summed E-state index contributed by atoms with van der Waals surface area (Å²) in [5.74, 6) is -1.48. The van der Waals surface area contributed by atoms with Gasteiger partial charge >= 0.3 is 5.76 Å². The number of rotatable bonds is 5. The molecule has 0 saturated heterocycles. The number of aromatic nitrogens is 3. The first-order valence-electron chi connectivity index (χ1n) is 8.89. The van der Waals surface area contributed by atoms with E-state index < -0.39 is 17.6 Å². The number of benzene rings is 2. The molecule has 0 saturated carbocycles. The second-order valence-corrected chi connectivity index (χ2v) is 6.22. The highest BCUT2D eigenvalue weighted by Crippen LogP contribution is 2.12. The first kappa shape index (κ1) is 18.2. The summed E-state index contributed by atoms with van der Waals surface area (Å²) in [6, 6.07) is 16.2. The Kier molecular flexibility index (Phi) is 4.93. The highest BCUT2D eigenvalue weighted by atomic mass is 16.4. The minimum absolute atomic E-state index is 0.0122. The molecule has 0 aliphatic heterocycles. The maximum Gasteiger partial charge on any atom is 0.419 e. The average molecular weight is 391 g/mol. The molecule has 0 radical (unpaired) electrons. The Balaban J connectivity index is 1.37. The summed E-state index contributed by atoms with van der Waals surface area (Å²) in [5.41, 5.74) is 6.83. The van der Waals surface area contributed by atoms with Gasteiger partial charge in [-0.1, -0.05) is 30.3 Å². The van der Waals surface area contributed by atoms with Crippen LogP contribution in [0.3, 0.4) is 0 Å². The third kappa shape index (κ3) is 3.79. The van der Waals surface area contributed by atoms with E-state index in [0.717, 1.165) is 5.69 Å². The van der Waals surface area contributed by atoms with E-state index in [0.29, 0.717) is 11.1 Å². The maximum absolute atomic E-state index is 12.4. The number of hydrogen-bond acceptors (Lipinski definition) is 5. The lowest BCUT2D eigenvalue weighted by atomic mass is 10.3.